The van der Waals surface area contributed by atoms with Crippen LogP contribution in [0.1, 0.15) is 27.8 Å². The minimum atomic E-state index is -1.07. The Labute approximate surface area is 92.7 Å². The zero-order valence-electron chi connectivity index (χ0n) is 8.86. The van der Waals surface area contributed by atoms with Crippen molar-refractivity contribution in [3.05, 3.63) is 23.3 Å². The number of carbonyl (C=O) groups is 1. The molecule has 1 fully saturated rings. The molecule has 85 valence electrons. The third-order valence-corrected chi connectivity index (χ3v) is 2.51. The van der Waals surface area contributed by atoms with Gasteiger partial charge >= 0.3 is 5.97 Å². The van der Waals surface area contributed by atoms with Gasteiger partial charge in [0, 0.05) is 18.7 Å². The van der Waals surface area contributed by atoms with Gasteiger partial charge in [-0.05, 0) is 6.92 Å². The quantitative estimate of drug-likeness (QED) is 0.729. The molecule has 0 aromatic carbocycles. The first kappa shape index (κ1) is 11.0. The fourth-order valence-corrected chi connectivity index (χ4v) is 1.68. The van der Waals surface area contributed by atoms with Crippen LogP contribution in [0.3, 0.4) is 0 Å². The summed E-state index contributed by atoms with van der Waals surface area (Å²) >= 11 is 0. The van der Waals surface area contributed by atoms with E-state index in [9.17, 15) is 4.79 Å². The van der Waals surface area contributed by atoms with Crippen molar-refractivity contribution in [1.29, 1.82) is 0 Å². The number of ether oxygens (including phenoxy) is 1. The number of hydrogen-bond donors (Lipinski definition) is 2. The number of aromatic nitrogens is 2. The zero-order chi connectivity index (χ0) is 11.5. The molecule has 1 aromatic heterocycles. The number of rotatable bonds is 2. The van der Waals surface area contributed by atoms with Gasteiger partial charge in [0.15, 0.2) is 12.0 Å². The molecule has 6 nitrogen and oxygen atoms in total. The van der Waals surface area contributed by atoms with Gasteiger partial charge in [0.2, 0.25) is 0 Å². The minimum Gasteiger partial charge on any atom is -0.477 e. The van der Waals surface area contributed by atoms with E-state index in [4.69, 9.17) is 9.84 Å². The molecule has 1 saturated heterocycles. The van der Waals surface area contributed by atoms with E-state index in [0.29, 0.717) is 24.4 Å². The maximum atomic E-state index is 10.9. The van der Waals surface area contributed by atoms with Gasteiger partial charge < -0.3 is 15.2 Å². The average molecular weight is 222 g/mol. The summed E-state index contributed by atoms with van der Waals surface area (Å²) in [7, 11) is 0. The Morgan fingerprint density at radius 1 is 1.62 bits per heavy atom. The Balaban J connectivity index is 2.33. The molecular formula is C10H12N3O3. The van der Waals surface area contributed by atoms with Gasteiger partial charge in [-0.2, -0.15) is 0 Å². The molecule has 0 aliphatic carbocycles. The smallest absolute Gasteiger partial charge is 0.354 e. The van der Waals surface area contributed by atoms with Crippen LogP contribution in [0, 0.1) is 13.3 Å². The van der Waals surface area contributed by atoms with Gasteiger partial charge in [-0.1, -0.05) is 0 Å². The average Bonchev–Trinajstić information content (AvgIpc) is 2.30. The van der Waals surface area contributed by atoms with Crippen LogP contribution in [0.15, 0.2) is 0 Å². The lowest BCUT2D eigenvalue weighted by atomic mass is 10.1. The normalized spacial score (nSPS) is 20.7. The molecule has 0 bridgehead atoms. The molecule has 1 atom stereocenters. The SMILES string of the molecule is Cc1c(C(=O)O)n[c]nc1C1CNCCO1. The maximum Gasteiger partial charge on any atom is 0.354 e. The molecule has 0 saturated carbocycles. The van der Waals surface area contributed by atoms with Gasteiger partial charge in [0.05, 0.1) is 12.3 Å². The number of aromatic carboxylic acids is 1. The van der Waals surface area contributed by atoms with E-state index in [0.717, 1.165) is 6.54 Å². The van der Waals surface area contributed by atoms with Crippen molar-refractivity contribution in [3.8, 4) is 0 Å². The summed E-state index contributed by atoms with van der Waals surface area (Å²) in [5, 5.41) is 12.1. The van der Waals surface area contributed by atoms with Crippen LogP contribution >= 0.6 is 0 Å². The lowest BCUT2D eigenvalue weighted by Gasteiger charge is -2.24. The summed E-state index contributed by atoms with van der Waals surface area (Å²) in [4.78, 5) is 18.5. The zero-order valence-corrected chi connectivity index (χ0v) is 8.86. The first-order valence-electron chi connectivity index (χ1n) is 5.00. The topological polar surface area (TPSA) is 84.3 Å². The Morgan fingerprint density at radius 3 is 3.06 bits per heavy atom. The fraction of sp³-hybridized carbons (Fsp3) is 0.500. The Bertz CT molecular complexity index is 402. The molecule has 0 amide bonds. The number of carboxylic acid groups (broad SMARTS) is 1. The highest BCUT2D eigenvalue weighted by Crippen LogP contribution is 2.20. The molecular weight excluding hydrogens is 210 g/mol. The van der Waals surface area contributed by atoms with Crippen LogP contribution in [0.25, 0.3) is 0 Å². The monoisotopic (exact) mass is 222 g/mol. The van der Waals surface area contributed by atoms with Gasteiger partial charge in [0.1, 0.15) is 6.10 Å². The molecule has 1 aliphatic heterocycles. The van der Waals surface area contributed by atoms with E-state index in [1.807, 2.05) is 0 Å². The van der Waals surface area contributed by atoms with Gasteiger partial charge in [0.25, 0.3) is 0 Å². The predicted molar refractivity (Wildman–Crippen MR) is 54.1 cm³/mol. The van der Waals surface area contributed by atoms with E-state index in [1.165, 1.54) is 0 Å². The molecule has 1 aliphatic rings. The van der Waals surface area contributed by atoms with Gasteiger partial charge in [-0.25, -0.2) is 14.8 Å². The number of hydrogen-bond acceptors (Lipinski definition) is 5. The second kappa shape index (κ2) is 4.54. The standard InChI is InChI=1S/C10H12N3O3/c1-6-8(7-4-11-2-3-16-7)12-5-13-9(6)10(14)15/h7,11H,2-4H2,1H3,(H,14,15). The summed E-state index contributed by atoms with van der Waals surface area (Å²) < 4.78 is 5.51. The van der Waals surface area contributed by atoms with E-state index in [1.54, 1.807) is 6.92 Å². The third-order valence-electron chi connectivity index (χ3n) is 2.51. The van der Waals surface area contributed by atoms with Crippen LogP contribution in [-0.2, 0) is 4.74 Å². The Morgan fingerprint density at radius 2 is 2.44 bits per heavy atom. The first-order valence-corrected chi connectivity index (χ1v) is 5.00. The summed E-state index contributed by atoms with van der Waals surface area (Å²) in [6, 6.07) is 0. The van der Waals surface area contributed by atoms with Crippen LogP contribution in [-0.4, -0.2) is 40.7 Å². The number of morpholine rings is 1. The molecule has 0 spiro atoms. The highest BCUT2D eigenvalue weighted by atomic mass is 16.5. The number of nitrogens with zero attached hydrogens (tertiary/aromatic N) is 2. The summed E-state index contributed by atoms with van der Waals surface area (Å²) in [6.45, 7) is 3.71. The molecule has 16 heavy (non-hydrogen) atoms. The van der Waals surface area contributed by atoms with Gasteiger partial charge in [-0.15, -0.1) is 0 Å². The maximum absolute atomic E-state index is 10.9. The van der Waals surface area contributed by atoms with Crippen LogP contribution in [0.2, 0.25) is 0 Å². The summed E-state index contributed by atoms with van der Waals surface area (Å²) in [6.07, 6.45) is 2.14. The number of carboxylic acids is 1. The predicted octanol–water partition coefficient (Wildman–Crippen LogP) is -0.0557. The van der Waals surface area contributed by atoms with Crippen molar-refractivity contribution in [3.63, 3.8) is 0 Å². The first-order chi connectivity index (χ1) is 7.70. The Hall–Kier alpha value is -1.53. The van der Waals surface area contributed by atoms with Crippen LogP contribution < -0.4 is 5.32 Å². The van der Waals surface area contributed by atoms with Crippen LogP contribution in [0.5, 0.6) is 0 Å². The van der Waals surface area contributed by atoms with Gasteiger partial charge in [-0.3, -0.25) is 0 Å². The van der Waals surface area contributed by atoms with E-state index in [2.05, 4.69) is 21.6 Å². The highest BCUT2D eigenvalue weighted by molar-refractivity contribution is 5.87. The van der Waals surface area contributed by atoms with Crippen molar-refractivity contribution < 1.29 is 14.6 Å². The summed E-state index contributed by atoms with van der Waals surface area (Å²) in [5.41, 5.74) is 1.12. The fourth-order valence-electron chi connectivity index (χ4n) is 1.68. The highest BCUT2D eigenvalue weighted by Gasteiger charge is 2.22. The molecule has 2 heterocycles. The van der Waals surface area contributed by atoms with E-state index in [-0.39, 0.29) is 11.8 Å². The van der Waals surface area contributed by atoms with Crippen LogP contribution in [0.4, 0.5) is 0 Å². The minimum absolute atomic E-state index is 0.0147. The molecule has 2 N–H and O–H groups in total. The van der Waals surface area contributed by atoms with E-state index < -0.39 is 5.97 Å². The van der Waals surface area contributed by atoms with E-state index >= 15 is 0 Å². The molecule has 1 aromatic rings. The second-order valence-electron chi connectivity index (χ2n) is 3.55. The summed E-state index contributed by atoms with van der Waals surface area (Å²) in [5.74, 6) is -1.07. The Kier molecular flexibility index (Phi) is 3.12. The van der Waals surface area contributed by atoms with Crippen molar-refractivity contribution in [1.82, 2.24) is 15.3 Å². The third kappa shape index (κ3) is 2.02. The molecule has 6 heteroatoms. The second-order valence-corrected chi connectivity index (χ2v) is 3.55. The largest absolute Gasteiger partial charge is 0.477 e. The lowest BCUT2D eigenvalue weighted by Crippen LogP contribution is -2.34. The van der Waals surface area contributed by atoms with Crippen molar-refractivity contribution in [2.75, 3.05) is 19.7 Å². The number of nitrogens with one attached hydrogen (secondary N) is 1. The van der Waals surface area contributed by atoms with Crippen molar-refractivity contribution >= 4 is 5.97 Å². The van der Waals surface area contributed by atoms with Crippen molar-refractivity contribution in [2.45, 2.75) is 13.0 Å². The van der Waals surface area contributed by atoms with Crippen molar-refractivity contribution in [2.24, 2.45) is 0 Å². The molecule has 1 radical (unpaired) electrons. The molecule has 2 rings (SSSR count). The lowest BCUT2D eigenvalue weighted by molar-refractivity contribution is 0.0243. The molecule has 1 unspecified atom stereocenters.